The monoisotopic (exact) mass is 286 g/mol. The Morgan fingerprint density at radius 2 is 2.24 bits per heavy atom. The second-order valence-electron chi connectivity index (χ2n) is 5.11. The van der Waals surface area contributed by atoms with Crippen LogP contribution in [0.1, 0.15) is 19.8 Å². The van der Waals surface area contributed by atoms with Gasteiger partial charge in [0.2, 0.25) is 0 Å². The summed E-state index contributed by atoms with van der Waals surface area (Å²) in [4.78, 5) is 27.0. The van der Waals surface area contributed by atoms with Crippen molar-refractivity contribution < 1.29 is 9.53 Å². The molecule has 0 amide bonds. The fourth-order valence-electron chi connectivity index (χ4n) is 2.66. The van der Waals surface area contributed by atoms with Crippen LogP contribution in [0.3, 0.4) is 0 Å². The predicted molar refractivity (Wildman–Crippen MR) is 78.9 cm³/mol. The van der Waals surface area contributed by atoms with E-state index in [1.807, 2.05) is 19.1 Å². The van der Waals surface area contributed by atoms with Gasteiger partial charge in [0.05, 0.1) is 12.5 Å². The number of anilines is 1. The average Bonchev–Trinajstić information content (AvgIpc) is 2.55. The average molecular weight is 286 g/mol. The Hall–Kier alpha value is -2.24. The number of aromatic nitrogens is 3. The van der Waals surface area contributed by atoms with Gasteiger partial charge in [-0.15, -0.1) is 0 Å². The van der Waals surface area contributed by atoms with Gasteiger partial charge < -0.3 is 9.64 Å². The number of hydrogen-bond acceptors (Lipinski definition) is 6. The van der Waals surface area contributed by atoms with Crippen molar-refractivity contribution in [2.24, 2.45) is 5.92 Å². The molecule has 110 valence electrons. The van der Waals surface area contributed by atoms with Crippen LogP contribution in [0.2, 0.25) is 0 Å². The van der Waals surface area contributed by atoms with Gasteiger partial charge in [0.15, 0.2) is 5.65 Å². The Kier molecular flexibility index (Phi) is 3.94. The van der Waals surface area contributed by atoms with Gasteiger partial charge in [-0.05, 0) is 31.9 Å². The van der Waals surface area contributed by atoms with E-state index in [9.17, 15) is 4.79 Å². The molecule has 0 radical (unpaired) electrons. The lowest BCUT2D eigenvalue weighted by molar-refractivity contribution is -0.148. The van der Waals surface area contributed by atoms with Crippen molar-refractivity contribution in [1.29, 1.82) is 0 Å². The Morgan fingerprint density at radius 3 is 3.10 bits per heavy atom. The highest BCUT2D eigenvalue weighted by atomic mass is 16.5. The van der Waals surface area contributed by atoms with Gasteiger partial charge in [0.25, 0.3) is 0 Å². The summed E-state index contributed by atoms with van der Waals surface area (Å²) in [6.45, 7) is 3.81. The van der Waals surface area contributed by atoms with E-state index in [0.29, 0.717) is 18.8 Å². The molecule has 1 fully saturated rings. The van der Waals surface area contributed by atoms with E-state index in [4.69, 9.17) is 4.74 Å². The van der Waals surface area contributed by atoms with Crippen molar-refractivity contribution in [2.45, 2.75) is 19.8 Å². The molecule has 0 spiro atoms. The van der Waals surface area contributed by atoms with Gasteiger partial charge in [-0.2, -0.15) is 0 Å². The molecule has 6 heteroatoms. The smallest absolute Gasteiger partial charge is 0.310 e. The van der Waals surface area contributed by atoms with E-state index in [2.05, 4.69) is 19.9 Å². The molecule has 0 aliphatic carbocycles. The minimum atomic E-state index is -0.109. The zero-order valence-corrected chi connectivity index (χ0v) is 12.0. The third-order valence-corrected chi connectivity index (χ3v) is 3.68. The molecule has 1 aliphatic heterocycles. The van der Waals surface area contributed by atoms with E-state index in [1.54, 1.807) is 12.4 Å². The second-order valence-corrected chi connectivity index (χ2v) is 5.11. The highest BCUT2D eigenvalue weighted by Gasteiger charge is 2.27. The van der Waals surface area contributed by atoms with Gasteiger partial charge in [-0.25, -0.2) is 9.97 Å². The normalized spacial score (nSPS) is 18.7. The number of fused-ring (bicyclic) bond motifs is 1. The van der Waals surface area contributed by atoms with E-state index < -0.39 is 0 Å². The summed E-state index contributed by atoms with van der Waals surface area (Å²) in [5.74, 6) is 0.665. The molecule has 1 saturated heterocycles. The number of esters is 1. The highest BCUT2D eigenvalue weighted by molar-refractivity contribution is 5.74. The maximum atomic E-state index is 11.9. The summed E-state index contributed by atoms with van der Waals surface area (Å²) in [5.41, 5.74) is 1.41. The number of nitrogens with zero attached hydrogens (tertiary/aromatic N) is 4. The molecular formula is C15H18N4O2. The summed E-state index contributed by atoms with van der Waals surface area (Å²) in [7, 11) is 0. The molecular weight excluding hydrogens is 268 g/mol. The predicted octanol–water partition coefficient (Wildman–Crippen LogP) is 1.80. The molecule has 1 aliphatic rings. The number of pyridine rings is 1. The Balaban J connectivity index is 1.79. The van der Waals surface area contributed by atoms with Crippen LogP contribution >= 0.6 is 0 Å². The van der Waals surface area contributed by atoms with E-state index in [-0.39, 0.29) is 11.9 Å². The van der Waals surface area contributed by atoms with E-state index in [1.165, 1.54) is 0 Å². The first-order valence-corrected chi connectivity index (χ1v) is 7.27. The Bertz CT molecular complexity index is 646. The molecule has 1 atom stereocenters. The van der Waals surface area contributed by atoms with Crippen LogP contribution in [0.5, 0.6) is 0 Å². The van der Waals surface area contributed by atoms with Crippen molar-refractivity contribution in [3.05, 3.63) is 24.5 Å². The quantitative estimate of drug-likeness (QED) is 0.801. The van der Waals surface area contributed by atoms with Crippen LogP contribution < -0.4 is 4.90 Å². The van der Waals surface area contributed by atoms with Crippen molar-refractivity contribution in [2.75, 3.05) is 24.6 Å². The Labute approximate surface area is 123 Å². The maximum Gasteiger partial charge on any atom is 0.310 e. The first kappa shape index (κ1) is 13.7. The first-order chi connectivity index (χ1) is 10.3. The molecule has 2 aromatic rings. The van der Waals surface area contributed by atoms with Crippen LogP contribution in [-0.2, 0) is 9.53 Å². The fraction of sp³-hybridized carbons (Fsp3) is 0.467. The third kappa shape index (κ3) is 2.94. The van der Waals surface area contributed by atoms with Crippen LogP contribution in [0, 0.1) is 5.92 Å². The summed E-state index contributed by atoms with van der Waals surface area (Å²) in [6.07, 6.45) is 5.13. The van der Waals surface area contributed by atoms with E-state index >= 15 is 0 Å². The Morgan fingerprint density at radius 1 is 1.38 bits per heavy atom. The summed E-state index contributed by atoms with van der Waals surface area (Å²) in [6, 6.07) is 3.85. The van der Waals surface area contributed by atoms with E-state index in [0.717, 1.165) is 30.7 Å². The molecule has 0 N–H and O–H groups in total. The van der Waals surface area contributed by atoms with Gasteiger partial charge >= 0.3 is 5.97 Å². The molecule has 2 aromatic heterocycles. The van der Waals surface area contributed by atoms with Crippen molar-refractivity contribution in [3.8, 4) is 0 Å². The molecule has 1 unspecified atom stereocenters. The molecule has 0 bridgehead atoms. The number of piperidine rings is 1. The number of carbonyl (C=O) groups excluding carboxylic acids is 1. The highest BCUT2D eigenvalue weighted by Crippen LogP contribution is 2.23. The maximum absolute atomic E-state index is 11.9. The number of ether oxygens (including phenoxy) is 1. The third-order valence-electron chi connectivity index (χ3n) is 3.68. The summed E-state index contributed by atoms with van der Waals surface area (Å²) < 4.78 is 5.13. The topological polar surface area (TPSA) is 68.2 Å². The summed E-state index contributed by atoms with van der Waals surface area (Å²) >= 11 is 0. The minimum Gasteiger partial charge on any atom is -0.466 e. The van der Waals surface area contributed by atoms with Crippen molar-refractivity contribution in [1.82, 2.24) is 15.0 Å². The first-order valence-electron chi connectivity index (χ1n) is 7.27. The molecule has 0 aromatic carbocycles. The summed E-state index contributed by atoms with van der Waals surface area (Å²) in [5, 5.41) is 0. The van der Waals surface area contributed by atoms with Crippen LogP contribution in [0.15, 0.2) is 24.5 Å². The molecule has 21 heavy (non-hydrogen) atoms. The van der Waals surface area contributed by atoms with Crippen LogP contribution in [-0.4, -0.2) is 40.6 Å². The second kappa shape index (κ2) is 6.03. The van der Waals surface area contributed by atoms with Gasteiger partial charge in [-0.1, -0.05) is 0 Å². The molecule has 3 rings (SSSR count). The lowest BCUT2D eigenvalue weighted by atomic mass is 9.98. The SMILES string of the molecule is CCOC(=O)C1CCCN(c2ccc3nccnc3n2)C1. The molecule has 0 saturated carbocycles. The van der Waals surface area contributed by atoms with Crippen molar-refractivity contribution >= 4 is 23.0 Å². The lowest BCUT2D eigenvalue weighted by Crippen LogP contribution is -2.39. The number of rotatable bonds is 3. The standard InChI is InChI=1S/C15H18N4O2/c1-2-21-15(20)11-4-3-9-19(10-11)13-6-5-12-14(18-13)17-8-7-16-12/h5-8,11H,2-4,9-10H2,1H3. The molecule has 6 nitrogen and oxygen atoms in total. The zero-order chi connectivity index (χ0) is 14.7. The number of carbonyl (C=O) groups is 1. The largest absolute Gasteiger partial charge is 0.466 e. The zero-order valence-electron chi connectivity index (χ0n) is 12.0. The van der Waals surface area contributed by atoms with Crippen LogP contribution in [0.4, 0.5) is 5.82 Å². The lowest BCUT2D eigenvalue weighted by Gasteiger charge is -2.32. The van der Waals surface area contributed by atoms with Crippen LogP contribution in [0.25, 0.3) is 11.2 Å². The van der Waals surface area contributed by atoms with Crippen molar-refractivity contribution in [3.63, 3.8) is 0 Å². The van der Waals surface area contributed by atoms with Gasteiger partial charge in [0.1, 0.15) is 11.3 Å². The molecule has 3 heterocycles. The van der Waals surface area contributed by atoms with Gasteiger partial charge in [0, 0.05) is 25.5 Å². The minimum absolute atomic E-state index is 0.0712. The number of hydrogen-bond donors (Lipinski definition) is 0. The van der Waals surface area contributed by atoms with Gasteiger partial charge in [-0.3, -0.25) is 9.78 Å². The fourth-order valence-corrected chi connectivity index (χ4v) is 2.66.